The average molecular weight is 406 g/mol. The summed E-state index contributed by atoms with van der Waals surface area (Å²) in [6.45, 7) is 1.29. The van der Waals surface area contributed by atoms with Crippen LogP contribution in [0.5, 0.6) is 23.0 Å². The smallest absolute Gasteiger partial charge is 0.343 e. The van der Waals surface area contributed by atoms with Gasteiger partial charge in [0.05, 0.1) is 18.2 Å². The fraction of sp³-hybridized carbons (Fsp3) is 0.0870. The molecule has 0 aliphatic carbocycles. The van der Waals surface area contributed by atoms with Crippen molar-refractivity contribution in [2.75, 3.05) is 7.11 Å². The first kappa shape index (κ1) is 20.6. The first-order valence-electron chi connectivity index (χ1n) is 8.91. The molecule has 0 fully saturated rings. The van der Waals surface area contributed by atoms with E-state index < -0.39 is 17.9 Å². The van der Waals surface area contributed by atoms with Crippen LogP contribution in [-0.4, -0.2) is 25.0 Å². The van der Waals surface area contributed by atoms with Gasteiger partial charge in [-0.1, -0.05) is 0 Å². The van der Waals surface area contributed by atoms with Crippen LogP contribution in [0.25, 0.3) is 0 Å². The molecule has 0 aliphatic heterocycles. The van der Waals surface area contributed by atoms with E-state index in [0.717, 1.165) is 0 Å². The van der Waals surface area contributed by atoms with Crippen LogP contribution >= 0.6 is 0 Å². The van der Waals surface area contributed by atoms with E-state index in [4.69, 9.17) is 18.9 Å². The van der Waals surface area contributed by atoms with Gasteiger partial charge in [-0.3, -0.25) is 4.79 Å². The van der Waals surface area contributed by atoms with E-state index in [2.05, 4.69) is 0 Å². The van der Waals surface area contributed by atoms with E-state index >= 15 is 0 Å². The molecular formula is C23H18O7. The normalized spacial score (nSPS) is 10.1. The molecule has 0 aliphatic rings. The Hall–Kier alpha value is -4.13. The van der Waals surface area contributed by atoms with Crippen molar-refractivity contribution in [3.8, 4) is 23.0 Å². The number of carbonyl (C=O) groups excluding carboxylic acids is 3. The van der Waals surface area contributed by atoms with Crippen molar-refractivity contribution >= 4 is 17.9 Å². The minimum atomic E-state index is -0.577. The fourth-order valence-corrected chi connectivity index (χ4v) is 2.46. The van der Waals surface area contributed by atoms with Crippen molar-refractivity contribution in [1.29, 1.82) is 0 Å². The monoisotopic (exact) mass is 406 g/mol. The summed E-state index contributed by atoms with van der Waals surface area (Å²) in [5.41, 5.74) is 0.671. The molecule has 3 aromatic rings. The maximum absolute atomic E-state index is 12.2. The minimum Gasteiger partial charge on any atom is -0.497 e. The van der Waals surface area contributed by atoms with Gasteiger partial charge in [0.1, 0.15) is 23.0 Å². The lowest BCUT2D eigenvalue weighted by molar-refractivity contribution is -0.131. The topological polar surface area (TPSA) is 88.1 Å². The maximum Gasteiger partial charge on any atom is 0.343 e. The molecule has 0 saturated heterocycles. The molecule has 0 bridgehead atoms. The molecule has 0 N–H and O–H groups in total. The van der Waals surface area contributed by atoms with Gasteiger partial charge in [0.15, 0.2) is 0 Å². The average Bonchev–Trinajstić information content (AvgIpc) is 2.75. The lowest BCUT2D eigenvalue weighted by Gasteiger charge is -2.08. The molecule has 7 heteroatoms. The van der Waals surface area contributed by atoms with Crippen molar-refractivity contribution in [2.24, 2.45) is 0 Å². The molecular weight excluding hydrogens is 388 g/mol. The van der Waals surface area contributed by atoms with Gasteiger partial charge in [0.25, 0.3) is 0 Å². The number of esters is 3. The third-order valence-electron chi connectivity index (χ3n) is 3.92. The molecule has 0 spiro atoms. The third kappa shape index (κ3) is 5.45. The largest absolute Gasteiger partial charge is 0.497 e. The number of benzene rings is 3. The highest BCUT2D eigenvalue weighted by molar-refractivity contribution is 5.92. The van der Waals surface area contributed by atoms with Crippen LogP contribution < -0.4 is 18.9 Å². The molecule has 7 nitrogen and oxygen atoms in total. The molecule has 152 valence electrons. The zero-order valence-corrected chi connectivity index (χ0v) is 16.3. The summed E-state index contributed by atoms with van der Waals surface area (Å²) in [6.07, 6.45) is 0. The lowest BCUT2D eigenvalue weighted by atomic mass is 10.2. The second-order valence-electron chi connectivity index (χ2n) is 6.10. The number of methoxy groups -OCH3 is 1. The second kappa shape index (κ2) is 9.38. The third-order valence-corrected chi connectivity index (χ3v) is 3.92. The van der Waals surface area contributed by atoms with Crippen molar-refractivity contribution in [2.45, 2.75) is 6.92 Å². The predicted octanol–water partition coefficient (Wildman–Crippen LogP) is 4.06. The Labute approximate surface area is 172 Å². The first-order chi connectivity index (χ1) is 14.4. The minimum absolute atomic E-state index is 0.285. The number of ether oxygens (including phenoxy) is 4. The number of hydrogen-bond acceptors (Lipinski definition) is 7. The molecule has 0 aromatic heterocycles. The number of carbonyl (C=O) groups is 3. The van der Waals surface area contributed by atoms with E-state index in [-0.39, 0.29) is 5.75 Å². The molecule has 0 heterocycles. The Morgan fingerprint density at radius 1 is 0.533 bits per heavy atom. The van der Waals surface area contributed by atoms with E-state index in [1.54, 1.807) is 31.4 Å². The zero-order chi connectivity index (χ0) is 21.5. The van der Waals surface area contributed by atoms with Crippen LogP contribution in [0.15, 0.2) is 72.8 Å². The lowest BCUT2D eigenvalue weighted by Crippen LogP contribution is -2.10. The van der Waals surface area contributed by atoms with Crippen molar-refractivity contribution in [3.63, 3.8) is 0 Å². The van der Waals surface area contributed by atoms with Crippen molar-refractivity contribution in [3.05, 3.63) is 83.9 Å². The maximum atomic E-state index is 12.2. The molecule has 0 amide bonds. The van der Waals surface area contributed by atoms with E-state index in [9.17, 15) is 14.4 Å². The van der Waals surface area contributed by atoms with Crippen molar-refractivity contribution in [1.82, 2.24) is 0 Å². The predicted molar refractivity (Wildman–Crippen MR) is 107 cm³/mol. The number of rotatable bonds is 6. The number of hydrogen-bond donors (Lipinski definition) is 0. The summed E-state index contributed by atoms with van der Waals surface area (Å²) >= 11 is 0. The second-order valence-corrected chi connectivity index (χ2v) is 6.10. The molecule has 0 atom stereocenters. The van der Waals surface area contributed by atoms with Gasteiger partial charge in [-0.05, 0) is 72.8 Å². The summed E-state index contributed by atoms with van der Waals surface area (Å²) in [5.74, 6) is 0.0243. The highest BCUT2D eigenvalue weighted by Crippen LogP contribution is 2.21. The fourth-order valence-electron chi connectivity index (χ4n) is 2.46. The van der Waals surface area contributed by atoms with Gasteiger partial charge in [-0.2, -0.15) is 0 Å². The highest BCUT2D eigenvalue weighted by atomic mass is 16.5. The van der Waals surface area contributed by atoms with Gasteiger partial charge in [0.2, 0.25) is 0 Å². The summed E-state index contributed by atoms with van der Waals surface area (Å²) in [4.78, 5) is 35.3. The first-order valence-corrected chi connectivity index (χ1v) is 8.91. The molecule has 0 radical (unpaired) electrons. The Bertz CT molecular complexity index is 1040. The van der Waals surface area contributed by atoms with E-state index in [1.807, 2.05) is 0 Å². The van der Waals surface area contributed by atoms with Gasteiger partial charge in [0, 0.05) is 6.92 Å². The Kier molecular flexibility index (Phi) is 6.44. The van der Waals surface area contributed by atoms with Gasteiger partial charge >= 0.3 is 17.9 Å². The van der Waals surface area contributed by atoms with E-state index in [1.165, 1.54) is 55.5 Å². The summed E-state index contributed by atoms with van der Waals surface area (Å²) < 4.78 is 20.6. The molecule has 30 heavy (non-hydrogen) atoms. The van der Waals surface area contributed by atoms with E-state index in [0.29, 0.717) is 28.4 Å². The van der Waals surface area contributed by atoms with Gasteiger partial charge in [-0.15, -0.1) is 0 Å². The van der Waals surface area contributed by atoms with Crippen LogP contribution in [0.1, 0.15) is 27.6 Å². The quantitative estimate of drug-likeness (QED) is 0.451. The Morgan fingerprint density at radius 3 is 1.23 bits per heavy atom. The summed E-state index contributed by atoms with van der Waals surface area (Å²) in [6, 6.07) is 18.6. The standard InChI is InChI=1S/C23H18O7/c1-15(24)28-19-9-5-17(6-10-19)23(26)30-21-13-11-20(12-14-21)29-22(25)16-3-7-18(27-2)8-4-16/h3-14H,1-2H3. The Morgan fingerprint density at radius 2 is 0.867 bits per heavy atom. The van der Waals surface area contributed by atoms with Crippen molar-refractivity contribution < 1.29 is 33.3 Å². The Balaban J connectivity index is 1.58. The summed E-state index contributed by atoms with van der Waals surface area (Å²) in [7, 11) is 1.54. The molecule has 3 rings (SSSR count). The molecule has 0 saturated carbocycles. The van der Waals surface area contributed by atoms with Gasteiger partial charge in [-0.25, -0.2) is 9.59 Å². The van der Waals surface area contributed by atoms with Gasteiger partial charge < -0.3 is 18.9 Å². The molecule has 0 unspecified atom stereocenters. The molecule has 3 aromatic carbocycles. The van der Waals surface area contributed by atoms with Crippen LogP contribution in [0.3, 0.4) is 0 Å². The highest BCUT2D eigenvalue weighted by Gasteiger charge is 2.11. The van der Waals surface area contributed by atoms with Crippen LogP contribution in [0.4, 0.5) is 0 Å². The van der Waals surface area contributed by atoms with Crippen LogP contribution in [0.2, 0.25) is 0 Å². The van der Waals surface area contributed by atoms with Crippen LogP contribution in [-0.2, 0) is 4.79 Å². The SMILES string of the molecule is COc1ccc(C(=O)Oc2ccc(OC(=O)c3ccc(OC(C)=O)cc3)cc2)cc1. The van der Waals surface area contributed by atoms with Crippen LogP contribution in [0, 0.1) is 0 Å². The summed E-state index contributed by atoms with van der Waals surface area (Å²) in [5, 5.41) is 0. The zero-order valence-electron chi connectivity index (χ0n) is 16.3.